The number of rotatable bonds is 1. The van der Waals surface area contributed by atoms with Crippen LogP contribution in [0.1, 0.15) is 58.3 Å². The van der Waals surface area contributed by atoms with Gasteiger partial charge in [0.05, 0.1) is 0 Å². The Morgan fingerprint density at radius 1 is 1.05 bits per heavy atom. The maximum Gasteiger partial charge on any atom is 1.00 e. The molecule has 1 atom stereocenters. The summed E-state index contributed by atoms with van der Waals surface area (Å²) in [7, 11) is 2.24. The number of hydrogen-bond donors (Lipinski definition) is 0. The Kier molecular flexibility index (Phi) is 8.93. The smallest absolute Gasteiger partial charge is 0.328 e. The van der Waals surface area contributed by atoms with Gasteiger partial charge in [0.2, 0.25) is 0 Å². The van der Waals surface area contributed by atoms with Crippen LogP contribution in [-0.2, 0) is 0 Å². The zero-order chi connectivity index (χ0) is 13.7. The largest absolute Gasteiger partial charge is 1.00 e. The third kappa shape index (κ3) is 5.43. The number of carbonyl (C=O) groups excluding carboxylic acids is 1. The van der Waals surface area contributed by atoms with Gasteiger partial charge in [0.1, 0.15) is 0 Å². The van der Waals surface area contributed by atoms with Crippen LogP contribution < -0.4 is 18.9 Å². The predicted molar refractivity (Wildman–Crippen MR) is 82.2 cm³/mol. The van der Waals surface area contributed by atoms with Crippen molar-refractivity contribution in [2.24, 2.45) is 0 Å². The Morgan fingerprint density at radius 2 is 1.58 bits per heavy atom. The third-order valence-electron chi connectivity index (χ3n) is 3.67. The third-order valence-corrected chi connectivity index (χ3v) is 3.96. The van der Waals surface area contributed by atoms with Crippen LogP contribution in [0.15, 0.2) is 6.07 Å². The van der Waals surface area contributed by atoms with E-state index in [1.54, 1.807) is 0 Å². The molecule has 1 nitrogen and oxygen atoms in total. The fourth-order valence-electron chi connectivity index (χ4n) is 2.39. The molecule has 19 heavy (non-hydrogen) atoms. The van der Waals surface area contributed by atoms with Gasteiger partial charge in [-0.2, -0.15) is 12.8 Å². The average molecular weight is 270 g/mol. The van der Waals surface area contributed by atoms with E-state index < -0.39 is 0 Å². The summed E-state index contributed by atoms with van der Waals surface area (Å²) in [6.07, 6.45) is 8.00. The summed E-state index contributed by atoms with van der Waals surface area (Å²) >= 11 is 0. The molecule has 1 aliphatic rings. The normalized spacial score (nSPS) is 13.3. The first kappa shape index (κ1) is 18.9. The van der Waals surface area contributed by atoms with Crippen LogP contribution >= 0.6 is 9.24 Å². The Labute approximate surface area is 132 Å². The molecule has 0 aliphatic heterocycles. The van der Waals surface area contributed by atoms with Crippen LogP contribution in [0.3, 0.4) is 0 Å². The van der Waals surface area contributed by atoms with Crippen LogP contribution in [0.5, 0.6) is 0 Å². The molecule has 2 rings (SSSR count). The summed E-state index contributed by atoms with van der Waals surface area (Å²) < 4.78 is 0. The molecule has 100 valence electrons. The van der Waals surface area contributed by atoms with Gasteiger partial charge in [-0.25, -0.2) is 0 Å². The Bertz CT molecular complexity index is 429. The van der Waals surface area contributed by atoms with Crippen molar-refractivity contribution < 1.29 is 23.7 Å². The molecule has 1 fully saturated rings. The molecule has 1 aromatic rings. The van der Waals surface area contributed by atoms with Gasteiger partial charge in [-0.15, -0.1) is 0 Å². The van der Waals surface area contributed by atoms with Crippen molar-refractivity contribution in [2.75, 3.05) is 0 Å². The Balaban J connectivity index is 0.000000454. The van der Waals surface area contributed by atoms with Gasteiger partial charge >= 0.3 is 18.9 Å². The van der Waals surface area contributed by atoms with Crippen molar-refractivity contribution in [1.29, 1.82) is 0 Å². The van der Waals surface area contributed by atoms with Crippen molar-refractivity contribution in [1.82, 2.24) is 0 Å². The number of carbonyl (C=O) groups is 1. The Morgan fingerprint density at radius 3 is 1.95 bits per heavy atom. The monoisotopic (exact) mass is 270 g/mol. The predicted octanol–water partition coefficient (Wildman–Crippen LogP) is 1.70. The SMILES string of the molecule is Cc1cc(C)c(C(=O)P)c(C)c1C.[CH-]1CCCC1.[Li+]. The van der Waals surface area contributed by atoms with E-state index in [9.17, 15) is 4.79 Å². The quantitative estimate of drug-likeness (QED) is 0.431. The molecule has 0 amide bonds. The van der Waals surface area contributed by atoms with Crippen LogP contribution in [0.4, 0.5) is 0 Å². The van der Waals surface area contributed by atoms with Gasteiger partial charge in [0.25, 0.3) is 0 Å². The fourth-order valence-corrected chi connectivity index (χ4v) is 2.83. The van der Waals surface area contributed by atoms with E-state index in [0.29, 0.717) is 0 Å². The van der Waals surface area contributed by atoms with E-state index in [0.717, 1.165) is 16.7 Å². The van der Waals surface area contributed by atoms with E-state index in [1.807, 2.05) is 13.8 Å². The maximum absolute atomic E-state index is 11.3. The van der Waals surface area contributed by atoms with E-state index in [1.165, 1.54) is 36.8 Å². The molecular formula is C16H24LiOP. The Hall–Kier alpha value is -0.0826. The summed E-state index contributed by atoms with van der Waals surface area (Å²) in [5.74, 6) is 0. The molecule has 3 heteroatoms. The van der Waals surface area contributed by atoms with Gasteiger partial charge < -0.3 is 6.42 Å². The molecule has 0 saturated heterocycles. The molecule has 0 bridgehead atoms. The van der Waals surface area contributed by atoms with E-state index in [-0.39, 0.29) is 24.4 Å². The van der Waals surface area contributed by atoms with Crippen molar-refractivity contribution in [2.45, 2.75) is 53.4 Å². The second kappa shape index (κ2) is 8.96. The molecule has 1 aliphatic carbocycles. The van der Waals surface area contributed by atoms with Gasteiger partial charge in [0.15, 0.2) is 5.52 Å². The van der Waals surface area contributed by atoms with Gasteiger partial charge in [-0.3, -0.25) is 4.79 Å². The van der Waals surface area contributed by atoms with Crippen LogP contribution in [-0.4, -0.2) is 5.52 Å². The van der Waals surface area contributed by atoms with Crippen molar-refractivity contribution in [3.05, 3.63) is 40.3 Å². The summed E-state index contributed by atoms with van der Waals surface area (Å²) in [4.78, 5) is 11.3. The topological polar surface area (TPSA) is 17.1 Å². The van der Waals surface area contributed by atoms with Gasteiger partial charge in [-0.05, 0) is 49.9 Å². The molecule has 0 heterocycles. The van der Waals surface area contributed by atoms with Gasteiger partial charge in [-0.1, -0.05) is 28.1 Å². The minimum absolute atomic E-state index is 0. The molecule has 0 spiro atoms. The van der Waals surface area contributed by atoms with Crippen molar-refractivity contribution >= 4 is 14.8 Å². The number of benzene rings is 1. The van der Waals surface area contributed by atoms with E-state index in [2.05, 4.69) is 35.6 Å². The minimum atomic E-state index is 0. The zero-order valence-electron chi connectivity index (χ0n) is 13.0. The molecule has 0 N–H and O–H groups in total. The van der Waals surface area contributed by atoms with E-state index in [4.69, 9.17) is 0 Å². The van der Waals surface area contributed by atoms with Crippen LogP contribution in [0.2, 0.25) is 0 Å². The average Bonchev–Trinajstić information content (AvgIpc) is 2.84. The maximum atomic E-state index is 11.3. The molecular weight excluding hydrogens is 246 g/mol. The van der Waals surface area contributed by atoms with E-state index >= 15 is 0 Å². The van der Waals surface area contributed by atoms with Crippen molar-refractivity contribution in [3.63, 3.8) is 0 Å². The standard InChI is InChI=1S/C11H15OP.C5H9.Li/c1-6-5-7(2)10(11(12)13)9(4)8(6)3;1-2-4-5-3-1;/h5H,13H2,1-4H3;1H,2-5H2;/q;-1;+1. The van der Waals surface area contributed by atoms with Crippen LogP contribution in [0, 0.1) is 34.1 Å². The summed E-state index contributed by atoms with van der Waals surface area (Å²) in [6, 6.07) is 2.07. The number of aryl methyl sites for hydroxylation is 2. The molecule has 1 unspecified atom stereocenters. The van der Waals surface area contributed by atoms with Gasteiger partial charge in [0, 0.05) is 5.56 Å². The first-order valence-electron chi connectivity index (χ1n) is 6.64. The summed E-state index contributed by atoms with van der Waals surface area (Å²) in [6.45, 7) is 8.12. The van der Waals surface area contributed by atoms with Crippen LogP contribution in [0.25, 0.3) is 0 Å². The molecule has 0 aromatic heterocycles. The summed E-state index contributed by atoms with van der Waals surface area (Å²) in [5, 5.41) is 0. The summed E-state index contributed by atoms with van der Waals surface area (Å²) in [5.41, 5.74) is 5.59. The first-order valence-corrected chi connectivity index (χ1v) is 7.21. The fraction of sp³-hybridized carbons (Fsp3) is 0.500. The first-order chi connectivity index (χ1) is 8.45. The molecule has 1 saturated carbocycles. The second-order valence-corrected chi connectivity index (χ2v) is 5.60. The second-order valence-electron chi connectivity index (χ2n) is 5.07. The molecule has 0 radical (unpaired) electrons. The molecule has 1 aromatic carbocycles. The zero-order valence-corrected chi connectivity index (χ0v) is 14.1. The van der Waals surface area contributed by atoms with Crippen molar-refractivity contribution in [3.8, 4) is 0 Å². The number of hydrogen-bond acceptors (Lipinski definition) is 1. The minimum Gasteiger partial charge on any atom is -0.328 e.